The zero-order chi connectivity index (χ0) is 16.1. The van der Waals surface area contributed by atoms with E-state index in [1.807, 2.05) is 18.3 Å². The van der Waals surface area contributed by atoms with Crippen LogP contribution < -0.4 is 4.90 Å². The minimum absolute atomic E-state index is 0.194. The molecule has 0 amide bonds. The maximum absolute atomic E-state index is 5.96. The second kappa shape index (κ2) is 7.81. The van der Waals surface area contributed by atoms with Gasteiger partial charge in [-0.15, -0.1) is 16.4 Å². The third kappa shape index (κ3) is 4.46. The second-order valence-electron chi connectivity index (χ2n) is 5.69. The highest BCUT2D eigenvalue weighted by Crippen LogP contribution is 2.17. The van der Waals surface area contributed by atoms with Gasteiger partial charge in [-0.3, -0.25) is 4.90 Å². The van der Waals surface area contributed by atoms with E-state index in [1.54, 1.807) is 17.5 Å². The van der Waals surface area contributed by atoms with Crippen LogP contribution in [0.4, 0.5) is 5.82 Å². The Morgan fingerprint density at radius 3 is 3.09 bits per heavy atom. The predicted molar refractivity (Wildman–Crippen MR) is 91.8 cm³/mol. The molecule has 2 aromatic rings. The molecule has 6 nitrogen and oxygen atoms in total. The lowest BCUT2D eigenvalue weighted by molar-refractivity contribution is -0.0265. The topological polar surface area (TPSA) is 54.4 Å². The molecular weight excluding hydrogens is 310 g/mol. The fraction of sp³-hybridized carbons (Fsp3) is 0.562. The van der Waals surface area contributed by atoms with Crippen molar-refractivity contribution >= 4 is 17.2 Å². The normalized spacial score (nSPS) is 19.0. The highest BCUT2D eigenvalue weighted by molar-refractivity contribution is 7.11. The van der Waals surface area contributed by atoms with E-state index in [0.29, 0.717) is 0 Å². The van der Waals surface area contributed by atoms with Crippen LogP contribution in [-0.4, -0.2) is 59.0 Å². The van der Waals surface area contributed by atoms with Crippen molar-refractivity contribution in [3.05, 3.63) is 34.4 Å². The first kappa shape index (κ1) is 16.3. The van der Waals surface area contributed by atoms with Crippen LogP contribution in [0.1, 0.15) is 16.8 Å². The van der Waals surface area contributed by atoms with E-state index in [1.165, 1.54) is 4.88 Å². The van der Waals surface area contributed by atoms with E-state index in [9.17, 15) is 0 Å². The van der Waals surface area contributed by atoms with Gasteiger partial charge in [0, 0.05) is 50.0 Å². The number of aromatic nitrogens is 3. The van der Waals surface area contributed by atoms with Crippen LogP contribution in [-0.2, 0) is 11.3 Å². The molecule has 0 N–H and O–H groups in total. The molecule has 3 heterocycles. The first-order valence-electron chi connectivity index (χ1n) is 8.02. The van der Waals surface area contributed by atoms with Gasteiger partial charge in [0.1, 0.15) is 0 Å². The number of rotatable bonds is 6. The summed E-state index contributed by atoms with van der Waals surface area (Å²) in [7, 11) is 0. The van der Waals surface area contributed by atoms with Gasteiger partial charge in [0.05, 0.1) is 17.7 Å². The Morgan fingerprint density at radius 1 is 1.48 bits per heavy atom. The Hall–Kier alpha value is -1.57. The fourth-order valence-corrected chi connectivity index (χ4v) is 3.66. The smallest absolute Gasteiger partial charge is 0.151 e. The van der Waals surface area contributed by atoms with Crippen molar-refractivity contribution in [2.24, 2.45) is 0 Å². The largest absolute Gasteiger partial charge is 0.374 e. The number of ether oxygens (including phenoxy) is 1. The molecule has 124 valence electrons. The zero-order valence-corrected chi connectivity index (χ0v) is 14.5. The van der Waals surface area contributed by atoms with Crippen LogP contribution in [0.2, 0.25) is 0 Å². The summed E-state index contributed by atoms with van der Waals surface area (Å²) in [4.78, 5) is 10.3. The van der Waals surface area contributed by atoms with Crippen molar-refractivity contribution < 1.29 is 4.74 Å². The van der Waals surface area contributed by atoms with E-state index in [2.05, 4.69) is 38.8 Å². The summed E-state index contributed by atoms with van der Waals surface area (Å²) < 4.78 is 5.96. The number of hydrogen-bond acceptors (Lipinski definition) is 7. The zero-order valence-electron chi connectivity index (χ0n) is 13.7. The van der Waals surface area contributed by atoms with Gasteiger partial charge >= 0.3 is 0 Å². The highest BCUT2D eigenvalue weighted by atomic mass is 32.1. The predicted octanol–water partition coefficient (Wildman–Crippen LogP) is 1.97. The molecule has 1 aliphatic heterocycles. The lowest BCUT2D eigenvalue weighted by atomic mass is 10.2. The quantitative estimate of drug-likeness (QED) is 0.806. The molecule has 0 unspecified atom stereocenters. The van der Waals surface area contributed by atoms with Crippen molar-refractivity contribution in [3.8, 4) is 0 Å². The van der Waals surface area contributed by atoms with Crippen LogP contribution in [0.5, 0.6) is 0 Å². The van der Waals surface area contributed by atoms with Gasteiger partial charge in [-0.05, 0) is 26.0 Å². The van der Waals surface area contributed by atoms with Crippen molar-refractivity contribution in [1.29, 1.82) is 0 Å². The summed E-state index contributed by atoms with van der Waals surface area (Å²) in [6.45, 7) is 9.58. The van der Waals surface area contributed by atoms with Gasteiger partial charge in [0.15, 0.2) is 5.82 Å². The Kier molecular flexibility index (Phi) is 5.53. The monoisotopic (exact) mass is 333 g/mol. The van der Waals surface area contributed by atoms with E-state index in [4.69, 9.17) is 4.74 Å². The van der Waals surface area contributed by atoms with Crippen molar-refractivity contribution in [2.75, 3.05) is 37.7 Å². The Labute approximate surface area is 141 Å². The fourth-order valence-electron chi connectivity index (χ4n) is 2.83. The number of anilines is 1. The number of morpholine rings is 1. The Bertz CT molecular complexity index is 606. The van der Waals surface area contributed by atoms with E-state index < -0.39 is 0 Å². The highest BCUT2D eigenvalue weighted by Gasteiger charge is 2.23. The Morgan fingerprint density at radius 2 is 2.39 bits per heavy atom. The average Bonchev–Trinajstić information content (AvgIpc) is 2.99. The van der Waals surface area contributed by atoms with E-state index in [-0.39, 0.29) is 6.10 Å². The summed E-state index contributed by atoms with van der Waals surface area (Å²) in [6, 6.07) is 3.92. The van der Waals surface area contributed by atoms with Gasteiger partial charge < -0.3 is 9.64 Å². The lowest BCUT2D eigenvalue weighted by Crippen LogP contribution is -2.47. The van der Waals surface area contributed by atoms with Crippen LogP contribution in [0, 0.1) is 6.92 Å². The van der Waals surface area contributed by atoms with E-state index in [0.717, 1.165) is 50.2 Å². The van der Waals surface area contributed by atoms with Gasteiger partial charge in [0.2, 0.25) is 0 Å². The summed E-state index contributed by atoms with van der Waals surface area (Å²) in [6.07, 6.45) is 3.88. The minimum atomic E-state index is 0.194. The lowest BCUT2D eigenvalue weighted by Gasteiger charge is -2.35. The molecule has 7 heteroatoms. The number of nitrogens with zero attached hydrogens (tertiary/aromatic N) is 5. The van der Waals surface area contributed by atoms with Gasteiger partial charge in [-0.2, -0.15) is 5.10 Å². The number of thiazole rings is 1. The van der Waals surface area contributed by atoms with Crippen LogP contribution in [0.15, 0.2) is 24.5 Å². The molecule has 1 atom stereocenters. The molecule has 2 aromatic heterocycles. The second-order valence-corrected chi connectivity index (χ2v) is 7.01. The molecule has 0 spiro atoms. The summed E-state index contributed by atoms with van der Waals surface area (Å²) >= 11 is 1.78. The maximum atomic E-state index is 5.96. The van der Waals surface area contributed by atoms with Crippen LogP contribution in [0.25, 0.3) is 0 Å². The van der Waals surface area contributed by atoms with Crippen LogP contribution >= 0.6 is 11.3 Å². The Balaban J connectivity index is 1.57. The van der Waals surface area contributed by atoms with Gasteiger partial charge in [0.25, 0.3) is 0 Å². The molecule has 0 aromatic carbocycles. The molecule has 3 rings (SSSR count). The molecular formula is C16H23N5OS. The molecule has 1 aliphatic rings. The molecule has 23 heavy (non-hydrogen) atoms. The summed E-state index contributed by atoms with van der Waals surface area (Å²) in [5.74, 6) is 0.911. The maximum Gasteiger partial charge on any atom is 0.151 e. The molecule has 0 bridgehead atoms. The van der Waals surface area contributed by atoms with E-state index >= 15 is 0 Å². The van der Waals surface area contributed by atoms with Crippen molar-refractivity contribution in [1.82, 2.24) is 20.1 Å². The minimum Gasteiger partial charge on any atom is -0.374 e. The van der Waals surface area contributed by atoms with Crippen molar-refractivity contribution in [2.45, 2.75) is 26.5 Å². The molecule has 1 fully saturated rings. The number of aryl methyl sites for hydroxylation is 1. The molecule has 0 saturated carbocycles. The van der Waals surface area contributed by atoms with Gasteiger partial charge in [-0.25, -0.2) is 4.98 Å². The summed E-state index contributed by atoms with van der Waals surface area (Å²) in [5, 5.41) is 9.31. The number of likely N-dealkylation sites (N-methyl/N-ethyl adjacent to an activating group) is 1. The SMILES string of the molecule is CCN(C[C@@H]1CN(Cc2cnc(C)s2)CCO1)c1cccnn1. The van der Waals surface area contributed by atoms with Crippen molar-refractivity contribution in [3.63, 3.8) is 0 Å². The molecule has 1 saturated heterocycles. The first-order chi connectivity index (χ1) is 11.2. The number of hydrogen-bond donors (Lipinski definition) is 0. The third-order valence-electron chi connectivity index (χ3n) is 3.96. The molecule has 0 radical (unpaired) electrons. The van der Waals surface area contributed by atoms with Crippen LogP contribution in [0.3, 0.4) is 0 Å². The van der Waals surface area contributed by atoms with Gasteiger partial charge in [-0.1, -0.05) is 0 Å². The first-order valence-corrected chi connectivity index (χ1v) is 8.84. The standard InChI is InChI=1S/C16H23N5OS/c1-3-21(16-5-4-6-18-19-16)11-14-10-20(7-8-22-14)12-15-9-17-13(2)23-15/h4-6,9,14H,3,7-8,10-12H2,1-2H3/t14-/m0/s1. The molecule has 0 aliphatic carbocycles. The summed E-state index contributed by atoms with van der Waals surface area (Å²) in [5.41, 5.74) is 0. The third-order valence-corrected chi connectivity index (χ3v) is 4.86. The average molecular weight is 333 g/mol.